The SMILES string of the molecule is CCc1ccc2c(c1)C(C)(C)C(=CC=C1CCCC(=CC=C3N(CCCCCC(=O)ON4C(=O)CCC4=O)c4ccc(S(=O)(=O)[O-])cc4C3(C)C)C1=O)[NH+]2CCOCCOC. The summed E-state index contributed by atoms with van der Waals surface area (Å²) in [7, 11) is -3.05. The van der Waals surface area contributed by atoms with Crippen LogP contribution in [-0.4, -0.2) is 81.6 Å². The normalized spacial score (nSPS) is 22.3. The van der Waals surface area contributed by atoms with Gasteiger partial charge in [-0.15, -0.1) is 5.06 Å². The van der Waals surface area contributed by atoms with E-state index < -0.39 is 33.3 Å². The lowest BCUT2D eigenvalue weighted by Crippen LogP contribution is -3.05. The van der Waals surface area contributed by atoms with Gasteiger partial charge in [-0.25, -0.2) is 13.2 Å². The van der Waals surface area contributed by atoms with Crippen LogP contribution >= 0.6 is 0 Å². The van der Waals surface area contributed by atoms with E-state index in [0.717, 1.165) is 36.3 Å². The molecule has 3 heterocycles. The maximum atomic E-state index is 14.2. The fraction of sp³-hybridized carbons (Fsp3) is 0.489. The number of unbranched alkanes of at least 4 members (excludes halogenated alkanes) is 2. The number of rotatable bonds is 17. The van der Waals surface area contributed by atoms with E-state index in [-0.39, 0.29) is 35.4 Å². The standard InChI is InChI=1S/C47H59N3O10S/c1-7-32-15-19-38-36(30-32)46(2,3)41(49(38)26-27-59-29-28-58-6)22-17-34-13-11-12-33(45(34)54)16-21-40-47(4,5)37-31-35(61(55,56)57)18-20-39(37)48(40)25-10-8-9-14-44(53)60-50-42(51)23-24-43(50)52/h15-22,30-31H,7-14,23-29H2,1-6H3,(H,55,56,57). The number of hydroxylamine groups is 2. The Morgan fingerprint density at radius 2 is 1.54 bits per heavy atom. The van der Waals surface area contributed by atoms with Crippen LogP contribution in [0.1, 0.15) is 109 Å². The molecule has 14 heteroatoms. The lowest BCUT2D eigenvalue weighted by Gasteiger charge is -2.27. The average Bonchev–Trinajstić information content (AvgIpc) is 3.73. The number of fused-ring (bicyclic) bond motifs is 2. The van der Waals surface area contributed by atoms with Gasteiger partial charge >= 0.3 is 5.97 Å². The Kier molecular flexibility index (Phi) is 14.4. The third-order valence-corrected chi connectivity index (χ3v) is 13.2. The van der Waals surface area contributed by atoms with E-state index in [1.165, 1.54) is 39.5 Å². The molecule has 0 spiro atoms. The van der Waals surface area contributed by atoms with E-state index in [1.54, 1.807) is 13.2 Å². The van der Waals surface area contributed by atoms with Crippen LogP contribution in [0.4, 0.5) is 11.4 Å². The Morgan fingerprint density at radius 3 is 2.21 bits per heavy atom. The summed E-state index contributed by atoms with van der Waals surface area (Å²) in [6.45, 7) is 13.4. The number of amides is 2. The molecule has 1 saturated heterocycles. The summed E-state index contributed by atoms with van der Waals surface area (Å²) in [4.78, 5) is 58.3. The maximum Gasteiger partial charge on any atom is 0.333 e. The molecule has 2 aromatic rings. The summed E-state index contributed by atoms with van der Waals surface area (Å²) in [6.07, 6.45) is 12.8. The molecule has 61 heavy (non-hydrogen) atoms. The number of quaternary nitrogens is 1. The molecule has 328 valence electrons. The smallest absolute Gasteiger partial charge is 0.333 e. The van der Waals surface area contributed by atoms with Crippen LogP contribution in [0, 0.1) is 0 Å². The molecule has 1 aliphatic carbocycles. The van der Waals surface area contributed by atoms with Crippen molar-refractivity contribution in [2.24, 2.45) is 0 Å². The maximum absolute atomic E-state index is 14.2. The number of nitrogens with zero attached hydrogens (tertiary/aromatic N) is 2. The van der Waals surface area contributed by atoms with Crippen LogP contribution in [0.15, 0.2) is 88.1 Å². The van der Waals surface area contributed by atoms with Crippen LogP contribution in [0.3, 0.4) is 0 Å². The van der Waals surface area contributed by atoms with Crippen LogP contribution in [0.25, 0.3) is 0 Å². The fourth-order valence-corrected chi connectivity index (χ4v) is 9.41. The summed E-state index contributed by atoms with van der Waals surface area (Å²) >= 11 is 0. The Hall–Kier alpha value is -4.73. The molecule has 0 aromatic heterocycles. The first-order valence-electron chi connectivity index (χ1n) is 21.4. The number of allylic oxidation sites excluding steroid dienone is 8. The monoisotopic (exact) mass is 857 g/mol. The first-order valence-corrected chi connectivity index (χ1v) is 22.8. The molecule has 2 amide bonds. The second-order valence-corrected chi connectivity index (χ2v) is 18.5. The molecule has 4 aliphatic rings. The Bertz CT molecular complexity index is 2270. The van der Waals surface area contributed by atoms with E-state index in [9.17, 15) is 32.1 Å². The van der Waals surface area contributed by atoms with Gasteiger partial charge in [0.05, 0.1) is 30.1 Å². The van der Waals surface area contributed by atoms with Crippen molar-refractivity contribution in [1.29, 1.82) is 0 Å². The molecule has 1 saturated carbocycles. The predicted molar refractivity (Wildman–Crippen MR) is 229 cm³/mol. The van der Waals surface area contributed by atoms with Crippen molar-refractivity contribution in [2.45, 2.75) is 115 Å². The highest BCUT2D eigenvalue weighted by atomic mass is 32.2. The van der Waals surface area contributed by atoms with Gasteiger partial charge in [0.1, 0.15) is 28.0 Å². The Labute approximate surface area is 359 Å². The number of methoxy groups -OCH3 is 1. The van der Waals surface area contributed by atoms with E-state index in [0.29, 0.717) is 74.7 Å². The van der Waals surface area contributed by atoms with Crippen LogP contribution in [0.5, 0.6) is 0 Å². The molecule has 2 fully saturated rings. The number of nitrogens with one attached hydrogen (secondary N) is 1. The molecular weight excluding hydrogens is 799 g/mol. The summed E-state index contributed by atoms with van der Waals surface area (Å²) in [5.41, 5.74) is 7.70. The average molecular weight is 858 g/mol. The third-order valence-electron chi connectivity index (χ3n) is 12.4. The molecule has 0 radical (unpaired) electrons. The third kappa shape index (κ3) is 9.99. The molecule has 6 rings (SSSR count). The number of Topliss-reactive ketones (excluding diaryl/α,β-unsaturated/α-hetero) is 1. The summed E-state index contributed by atoms with van der Waals surface area (Å²) in [5.74, 6) is -1.70. The topological polar surface area (TPSA) is 164 Å². The Morgan fingerprint density at radius 1 is 0.836 bits per heavy atom. The van der Waals surface area contributed by atoms with Gasteiger partial charge in [-0.3, -0.25) is 19.3 Å². The number of hydrogen-bond acceptors (Lipinski definition) is 11. The van der Waals surface area contributed by atoms with Crippen LogP contribution < -0.4 is 9.80 Å². The zero-order valence-corrected chi connectivity index (χ0v) is 37.1. The molecule has 2 aromatic carbocycles. The van der Waals surface area contributed by atoms with Gasteiger partial charge in [-0.1, -0.05) is 39.3 Å². The number of anilines is 1. The quantitative estimate of drug-likeness (QED) is 0.0864. The van der Waals surface area contributed by atoms with Gasteiger partial charge in [0.15, 0.2) is 5.78 Å². The zero-order chi connectivity index (χ0) is 44.1. The molecule has 3 aliphatic heterocycles. The van der Waals surface area contributed by atoms with Gasteiger partial charge in [0.25, 0.3) is 11.8 Å². The minimum Gasteiger partial charge on any atom is -0.744 e. The summed E-state index contributed by atoms with van der Waals surface area (Å²) < 4.78 is 47.3. The highest BCUT2D eigenvalue weighted by Gasteiger charge is 2.45. The number of carbonyl (C=O) groups excluding carboxylic acids is 4. The zero-order valence-electron chi connectivity index (χ0n) is 36.3. The molecule has 0 bridgehead atoms. The number of ketones is 1. The first kappa shape index (κ1) is 45.8. The van der Waals surface area contributed by atoms with Gasteiger partial charge in [0.2, 0.25) is 0 Å². The van der Waals surface area contributed by atoms with Crippen molar-refractivity contribution in [2.75, 3.05) is 44.9 Å². The molecular formula is C47H59N3O10S. The highest BCUT2D eigenvalue weighted by molar-refractivity contribution is 7.85. The molecule has 1 atom stereocenters. The second-order valence-electron chi connectivity index (χ2n) is 17.2. The lowest BCUT2D eigenvalue weighted by atomic mass is 9.82. The van der Waals surface area contributed by atoms with Crippen molar-refractivity contribution in [1.82, 2.24) is 5.06 Å². The second kappa shape index (κ2) is 19.1. The van der Waals surface area contributed by atoms with Crippen molar-refractivity contribution in [3.63, 3.8) is 0 Å². The number of carbonyl (C=O) groups is 4. The largest absolute Gasteiger partial charge is 0.744 e. The van der Waals surface area contributed by atoms with E-state index in [4.69, 9.17) is 14.3 Å². The lowest BCUT2D eigenvalue weighted by molar-refractivity contribution is -0.789. The van der Waals surface area contributed by atoms with E-state index >= 15 is 0 Å². The molecule has 13 nitrogen and oxygen atoms in total. The number of aryl methyl sites for hydroxylation is 1. The van der Waals surface area contributed by atoms with Crippen molar-refractivity contribution >= 4 is 45.1 Å². The number of benzene rings is 2. The number of ether oxygens (including phenoxy) is 2. The van der Waals surface area contributed by atoms with E-state index in [1.807, 2.05) is 32.1 Å². The highest BCUT2D eigenvalue weighted by Crippen LogP contribution is 2.49. The van der Waals surface area contributed by atoms with Gasteiger partial charge in [0, 0.05) is 61.3 Å². The van der Waals surface area contributed by atoms with Gasteiger partial charge in [-0.2, -0.15) is 0 Å². The van der Waals surface area contributed by atoms with Crippen molar-refractivity contribution in [3.8, 4) is 0 Å². The van der Waals surface area contributed by atoms with E-state index in [2.05, 4.69) is 49.9 Å². The molecule has 1 unspecified atom stereocenters. The van der Waals surface area contributed by atoms with Gasteiger partial charge < -0.3 is 23.8 Å². The number of hydrogen-bond donors (Lipinski definition) is 1. The fourth-order valence-electron chi connectivity index (χ4n) is 8.91. The molecule has 1 N–H and O–H groups in total. The predicted octanol–water partition coefficient (Wildman–Crippen LogP) is 5.96. The summed E-state index contributed by atoms with van der Waals surface area (Å²) in [5, 5.41) is 0.551. The van der Waals surface area contributed by atoms with Crippen molar-refractivity contribution < 1.29 is 51.4 Å². The first-order chi connectivity index (χ1) is 29.0. The van der Waals surface area contributed by atoms with Crippen LogP contribution in [-0.2, 0) is 60.9 Å². The minimum absolute atomic E-state index is 0.00481. The van der Waals surface area contributed by atoms with Crippen LogP contribution in [0.2, 0.25) is 0 Å². The van der Waals surface area contributed by atoms with Gasteiger partial charge in [-0.05, 0) is 117 Å². The number of imide groups is 1. The minimum atomic E-state index is -4.71. The van der Waals surface area contributed by atoms with Crippen molar-refractivity contribution in [3.05, 3.63) is 99.9 Å². The Balaban J connectivity index is 1.23. The summed E-state index contributed by atoms with van der Waals surface area (Å²) in [6, 6.07) is 11.1.